The summed E-state index contributed by atoms with van der Waals surface area (Å²) in [6.45, 7) is 9.16. The molecule has 2 aromatic carbocycles. The van der Waals surface area contributed by atoms with Crippen LogP contribution >= 0.6 is 0 Å². The van der Waals surface area contributed by atoms with Crippen molar-refractivity contribution >= 4 is 22.1 Å². The molecule has 0 radical (unpaired) electrons. The Kier molecular flexibility index (Phi) is 7.38. The number of fused-ring (bicyclic) bond motifs is 2. The van der Waals surface area contributed by atoms with Crippen LogP contribution in [0.25, 0.3) is 27.4 Å². The molecular weight excluding hydrogens is 480 g/mol. The van der Waals surface area contributed by atoms with Crippen LogP contribution in [0.4, 0.5) is 5.82 Å². The van der Waals surface area contributed by atoms with E-state index in [1.807, 2.05) is 4.52 Å². The van der Waals surface area contributed by atoms with Gasteiger partial charge in [0, 0.05) is 40.5 Å². The van der Waals surface area contributed by atoms with Gasteiger partial charge in [-0.2, -0.15) is 5.10 Å². The van der Waals surface area contributed by atoms with Gasteiger partial charge in [0.25, 0.3) is 0 Å². The standard InChI is InChI=1S/C33H40N6/c1-3-30-31-24(2)18-26(19-27(31)22-38(30)21-25-12-6-4-7-13-25)29-20-28(39-32(29)33(34)35-23-36-39)14-8-5-9-15-37-16-10-11-17-37/h4,6-7,12-13,18-20,22-23H,3,5,8-11,14-17,21H2,1-2H3,(H2,34,35,36). The minimum Gasteiger partial charge on any atom is -0.382 e. The number of rotatable bonds is 10. The van der Waals surface area contributed by atoms with Crippen LogP contribution in [0.15, 0.2) is 61.1 Å². The molecule has 0 bridgehead atoms. The molecule has 1 fully saturated rings. The number of aryl methyl sites for hydroxylation is 3. The largest absolute Gasteiger partial charge is 0.382 e. The van der Waals surface area contributed by atoms with E-state index in [1.165, 1.54) is 84.2 Å². The Morgan fingerprint density at radius 1 is 0.974 bits per heavy atom. The second kappa shape index (κ2) is 11.2. The molecule has 0 amide bonds. The SMILES string of the molecule is CCc1c2c(C)cc(-c3cc(CCCCCN4CCCC4)n4ncnc(N)c34)cc2cn1Cc1ccccc1. The van der Waals surface area contributed by atoms with Crippen LogP contribution in [-0.4, -0.2) is 43.7 Å². The van der Waals surface area contributed by atoms with E-state index in [9.17, 15) is 0 Å². The molecule has 6 rings (SSSR count). The lowest BCUT2D eigenvalue weighted by Gasteiger charge is -2.13. The Morgan fingerprint density at radius 3 is 2.59 bits per heavy atom. The third kappa shape index (κ3) is 5.18. The lowest BCUT2D eigenvalue weighted by molar-refractivity contribution is 0.328. The van der Waals surface area contributed by atoms with Crippen LogP contribution in [0.5, 0.6) is 0 Å². The van der Waals surface area contributed by atoms with Crippen molar-refractivity contribution in [2.45, 2.75) is 65.3 Å². The van der Waals surface area contributed by atoms with E-state index in [-0.39, 0.29) is 0 Å². The van der Waals surface area contributed by atoms with Gasteiger partial charge < -0.3 is 15.2 Å². The molecule has 4 heterocycles. The van der Waals surface area contributed by atoms with Crippen LogP contribution in [0.1, 0.15) is 61.5 Å². The molecule has 39 heavy (non-hydrogen) atoms. The summed E-state index contributed by atoms with van der Waals surface area (Å²) < 4.78 is 4.44. The van der Waals surface area contributed by atoms with E-state index in [2.05, 4.69) is 88.1 Å². The van der Waals surface area contributed by atoms with Crippen molar-refractivity contribution in [2.75, 3.05) is 25.4 Å². The molecular formula is C33H40N6. The van der Waals surface area contributed by atoms with Crippen molar-refractivity contribution in [3.63, 3.8) is 0 Å². The first-order chi connectivity index (χ1) is 19.1. The number of nitrogens with two attached hydrogens (primary N) is 1. The highest BCUT2D eigenvalue weighted by Gasteiger charge is 2.18. The van der Waals surface area contributed by atoms with E-state index < -0.39 is 0 Å². The lowest BCUT2D eigenvalue weighted by atomic mass is 9.98. The van der Waals surface area contributed by atoms with Gasteiger partial charge in [-0.3, -0.25) is 0 Å². The minimum atomic E-state index is 0.536. The molecule has 0 aliphatic carbocycles. The van der Waals surface area contributed by atoms with Crippen molar-refractivity contribution in [2.24, 2.45) is 0 Å². The van der Waals surface area contributed by atoms with Crippen molar-refractivity contribution in [3.05, 3.63) is 83.6 Å². The first-order valence-corrected chi connectivity index (χ1v) is 14.6. The summed E-state index contributed by atoms with van der Waals surface area (Å²) in [5.41, 5.74) is 14.9. The van der Waals surface area contributed by atoms with E-state index in [1.54, 1.807) is 6.33 Å². The molecule has 0 unspecified atom stereocenters. The molecule has 0 spiro atoms. The second-order valence-electron chi connectivity index (χ2n) is 11.1. The van der Waals surface area contributed by atoms with Crippen LogP contribution in [-0.2, 0) is 19.4 Å². The van der Waals surface area contributed by atoms with E-state index in [0.717, 1.165) is 36.9 Å². The van der Waals surface area contributed by atoms with Gasteiger partial charge in [0.2, 0.25) is 0 Å². The summed E-state index contributed by atoms with van der Waals surface area (Å²) in [5, 5.41) is 7.26. The van der Waals surface area contributed by atoms with Gasteiger partial charge in [0.15, 0.2) is 5.82 Å². The molecule has 6 nitrogen and oxygen atoms in total. The Bertz CT molecular complexity index is 1570. The zero-order valence-corrected chi connectivity index (χ0v) is 23.4. The van der Waals surface area contributed by atoms with E-state index in [4.69, 9.17) is 5.73 Å². The molecule has 6 heteroatoms. The molecule has 1 aliphatic heterocycles. The Hall–Kier alpha value is -3.64. The molecule has 1 aliphatic rings. The number of hydrogen-bond acceptors (Lipinski definition) is 4. The average molecular weight is 521 g/mol. The van der Waals surface area contributed by atoms with Crippen LogP contribution in [0, 0.1) is 6.92 Å². The number of likely N-dealkylation sites (tertiary alicyclic amines) is 1. The maximum absolute atomic E-state index is 6.46. The number of nitrogens with zero attached hydrogens (tertiary/aromatic N) is 5. The van der Waals surface area contributed by atoms with Crippen molar-refractivity contribution in [3.8, 4) is 11.1 Å². The Balaban J connectivity index is 1.31. The topological polar surface area (TPSA) is 64.4 Å². The van der Waals surface area contributed by atoms with Crippen molar-refractivity contribution < 1.29 is 0 Å². The third-order valence-corrected chi connectivity index (χ3v) is 8.40. The number of aromatic nitrogens is 4. The Labute approximate surface area is 231 Å². The smallest absolute Gasteiger partial charge is 0.151 e. The van der Waals surface area contributed by atoms with Gasteiger partial charge in [-0.15, -0.1) is 0 Å². The zero-order valence-electron chi connectivity index (χ0n) is 23.4. The lowest BCUT2D eigenvalue weighted by Crippen LogP contribution is -2.20. The fourth-order valence-electron chi connectivity index (χ4n) is 6.51. The van der Waals surface area contributed by atoms with Crippen LogP contribution < -0.4 is 5.73 Å². The maximum atomic E-state index is 6.46. The highest BCUT2D eigenvalue weighted by atomic mass is 15.3. The average Bonchev–Trinajstić information content (AvgIpc) is 3.67. The summed E-state index contributed by atoms with van der Waals surface area (Å²) in [6.07, 6.45) is 12.3. The highest BCUT2D eigenvalue weighted by Crippen LogP contribution is 2.36. The predicted octanol–water partition coefficient (Wildman–Crippen LogP) is 6.66. The molecule has 3 aromatic heterocycles. The quantitative estimate of drug-likeness (QED) is 0.209. The van der Waals surface area contributed by atoms with Gasteiger partial charge in [-0.1, -0.05) is 49.7 Å². The molecule has 2 N–H and O–H groups in total. The summed E-state index contributed by atoms with van der Waals surface area (Å²) in [7, 11) is 0. The van der Waals surface area contributed by atoms with E-state index >= 15 is 0 Å². The van der Waals surface area contributed by atoms with Gasteiger partial charge >= 0.3 is 0 Å². The second-order valence-corrected chi connectivity index (χ2v) is 11.1. The number of hydrogen-bond donors (Lipinski definition) is 1. The zero-order chi connectivity index (χ0) is 26.8. The molecule has 0 saturated carbocycles. The summed E-state index contributed by atoms with van der Waals surface area (Å²) in [4.78, 5) is 6.97. The molecule has 5 aromatic rings. The fraction of sp³-hybridized carbons (Fsp3) is 0.394. The minimum absolute atomic E-state index is 0.536. The predicted molar refractivity (Wildman–Crippen MR) is 161 cm³/mol. The van der Waals surface area contributed by atoms with Crippen molar-refractivity contribution in [1.82, 2.24) is 24.1 Å². The fourth-order valence-corrected chi connectivity index (χ4v) is 6.51. The first-order valence-electron chi connectivity index (χ1n) is 14.6. The first kappa shape index (κ1) is 25.6. The molecule has 1 saturated heterocycles. The summed E-state index contributed by atoms with van der Waals surface area (Å²) >= 11 is 0. The van der Waals surface area contributed by atoms with Gasteiger partial charge in [-0.25, -0.2) is 9.50 Å². The molecule has 202 valence electrons. The number of unbranched alkanes of at least 4 members (excludes halogenated alkanes) is 2. The van der Waals surface area contributed by atoms with Crippen molar-refractivity contribution in [1.29, 1.82) is 0 Å². The molecule has 0 atom stereocenters. The Morgan fingerprint density at radius 2 is 1.79 bits per heavy atom. The van der Waals surface area contributed by atoms with Gasteiger partial charge in [0.1, 0.15) is 11.8 Å². The van der Waals surface area contributed by atoms with Crippen LogP contribution in [0.2, 0.25) is 0 Å². The van der Waals surface area contributed by atoms with Gasteiger partial charge in [0.05, 0.1) is 0 Å². The number of anilines is 1. The summed E-state index contributed by atoms with van der Waals surface area (Å²) in [6, 6.07) is 17.6. The van der Waals surface area contributed by atoms with E-state index in [0.29, 0.717) is 5.82 Å². The number of nitrogen functional groups attached to an aromatic ring is 1. The maximum Gasteiger partial charge on any atom is 0.151 e. The summed E-state index contributed by atoms with van der Waals surface area (Å²) in [5.74, 6) is 0.536. The van der Waals surface area contributed by atoms with Gasteiger partial charge in [-0.05, 0) is 93.9 Å². The normalized spacial score (nSPS) is 14.2. The highest BCUT2D eigenvalue weighted by molar-refractivity contribution is 5.96. The number of benzene rings is 2. The third-order valence-electron chi connectivity index (χ3n) is 8.40. The monoisotopic (exact) mass is 520 g/mol. The van der Waals surface area contributed by atoms with Crippen LogP contribution in [0.3, 0.4) is 0 Å².